The Bertz CT molecular complexity index is 488. The predicted molar refractivity (Wildman–Crippen MR) is 56.6 cm³/mol. The van der Waals surface area contributed by atoms with Gasteiger partial charge in [-0.05, 0) is 12.1 Å². The van der Waals surface area contributed by atoms with Crippen LogP contribution in [0.3, 0.4) is 0 Å². The van der Waals surface area contributed by atoms with Crippen LogP contribution < -0.4 is 5.73 Å². The second-order valence-electron chi connectivity index (χ2n) is 2.94. The van der Waals surface area contributed by atoms with E-state index in [-0.39, 0.29) is 0 Å². The second-order valence-corrected chi connectivity index (χ2v) is 2.94. The lowest BCUT2D eigenvalue weighted by Crippen LogP contribution is -1.95. The fourth-order valence-electron chi connectivity index (χ4n) is 1.30. The predicted octanol–water partition coefficient (Wildman–Crippen LogP) is 1.26. The summed E-state index contributed by atoms with van der Waals surface area (Å²) in [5, 5.41) is 0. The lowest BCUT2D eigenvalue weighted by atomic mass is 10.2. The van der Waals surface area contributed by atoms with Crippen molar-refractivity contribution in [3.8, 4) is 11.8 Å². The Morgan fingerprint density at radius 1 is 1.43 bits per heavy atom. The number of hydrogen-bond acceptors (Lipinski definition) is 2. The molecule has 3 N–H and O–H groups in total. The molecular formula is C11H11N3. The third-order valence-corrected chi connectivity index (χ3v) is 1.94. The van der Waals surface area contributed by atoms with Gasteiger partial charge in [-0.2, -0.15) is 0 Å². The lowest BCUT2D eigenvalue weighted by molar-refractivity contribution is 1.03. The van der Waals surface area contributed by atoms with Gasteiger partial charge in [0.2, 0.25) is 0 Å². The van der Waals surface area contributed by atoms with E-state index >= 15 is 0 Å². The van der Waals surface area contributed by atoms with Crippen LogP contribution in [0.1, 0.15) is 12.0 Å². The molecule has 2 rings (SSSR count). The first-order valence-corrected chi connectivity index (χ1v) is 4.53. The minimum Gasteiger partial charge on any atom is -0.345 e. The number of aromatic amines is 1. The van der Waals surface area contributed by atoms with Gasteiger partial charge in [-0.15, -0.1) is 0 Å². The van der Waals surface area contributed by atoms with E-state index < -0.39 is 0 Å². The van der Waals surface area contributed by atoms with Gasteiger partial charge in [-0.3, -0.25) is 0 Å². The highest BCUT2D eigenvalue weighted by atomic mass is 14.9. The highest BCUT2D eigenvalue weighted by Gasteiger charge is 1.98. The van der Waals surface area contributed by atoms with Crippen molar-refractivity contribution in [3.05, 3.63) is 30.1 Å². The highest BCUT2D eigenvalue weighted by molar-refractivity contribution is 5.81. The molecule has 1 heterocycles. The van der Waals surface area contributed by atoms with Gasteiger partial charge in [0.15, 0.2) is 0 Å². The Balaban J connectivity index is 2.43. The summed E-state index contributed by atoms with van der Waals surface area (Å²) in [6, 6.07) is 5.91. The van der Waals surface area contributed by atoms with Crippen molar-refractivity contribution in [2.24, 2.45) is 5.73 Å². The van der Waals surface area contributed by atoms with Crippen LogP contribution in [0.4, 0.5) is 0 Å². The zero-order valence-corrected chi connectivity index (χ0v) is 7.75. The largest absolute Gasteiger partial charge is 0.345 e. The average molecular weight is 185 g/mol. The summed E-state index contributed by atoms with van der Waals surface area (Å²) in [4.78, 5) is 7.25. The summed E-state index contributed by atoms with van der Waals surface area (Å²) >= 11 is 0. The zero-order valence-electron chi connectivity index (χ0n) is 7.75. The second kappa shape index (κ2) is 3.95. The number of hydrogen-bond donors (Lipinski definition) is 2. The number of para-hydroxylation sites is 1. The third kappa shape index (κ3) is 1.61. The highest BCUT2D eigenvalue weighted by Crippen LogP contribution is 2.12. The number of fused-ring (bicyclic) bond motifs is 1. The van der Waals surface area contributed by atoms with E-state index in [0.29, 0.717) is 6.54 Å². The first-order valence-electron chi connectivity index (χ1n) is 4.53. The molecule has 14 heavy (non-hydrogen) atoms. The Morgan fingerprint density at radius 3 is 3.21 bits per heavy atom. The van der Waals surface area contributed by atoms with Crippen LogP contribution in [-0.2, 0) is 0 Å². The van der Waals surface area contributed by atoms with Crippen molar-refractivity contribution in [3.63, 3.8) is 0 Å². The Labute approximate surface area is 82.3 Å². The van der Waals surface area contributed by atoms with E-state index in [1.54, 1.807) is 6.33 Å². The molecule has 0 saturated carbocycles. The number of benzene rings is 1. The minimum atomic E-state index is 0.601. The third-order valence-electron chi connectivity index (χ3n) is 1.94. The van der Waals surface area contributed by atoms with Crippen molar-refractivity contribution in [1.82, 2.24) is 9.97 Å². The molecule has 0 spiro atoms. The van der Waals surface area contributed by atoms with Crippen molar-refractivity contribution in [2.45, 2.75) is 6.42 Å². The molecule has 1 aromatic carbocycles. The number of imidazole rings is 1. The molecule has 3 nitrogen and oxygen atoms in total. The van der Waals surface area contributed by atoms with Gasteiger partial charge in [-0.25, -0.2) is 4.98 Å². The molecule has 1 aromatic heterocycles. The number of nitrogens with one attached hydrogen (secondary N) is 1. The van der Waals surface area contributed by atoms with Crippen molar-refractivity contribution < 1.29 is 0 Å². The summed E-state index contributed by atoms with van der Waals surface area (Å²) in [6.07, 6.45) is 2.40. The van der Waals surface area contributed by atoms with Crippen LogP contribution in [0.2, 0.25) is 0 Å². The maximum absolute atomic E-state index is 5.36. The molecule has 3 heteroatoms. The number of H-pyrrole nitrogens is 1. The van der Waals surface area contributed by atoms with Crippen LogP contribution in [0, 0.1) is 11.8 Å². The monoisotopic (exact) mass is 185 g/mol. The first kappa shape index (κ1) is 8.79. The average Bonchev–Trinajstić information content (AvgIpc) is 2.67. The van der Waals surface area contributed by atoms with Crippen LogP contribution in [0.15, 0.2) is 24.5 Å². The van der Waals surface area contributed by atoms with Gasteiger partial charge in [0.25, 0.3) is 0 Å². The molecule has 0 unspecified atom stereocenters. The molecule has 0 aliphatic rings. The molecular weight excluding hydrogens is 174 g/mol. The molecule has 2 aromatic rings. The van der Waals surface area contributed by atoms with Crippen LogP contribution in [0.25, 0.3) is 11.0 Å². The van der Waals surface area contributed by atoms with E-state index in [1.165, 1.54) is 0 Å². The molecule has 0 aliphatic heterocycles. The quantitative estimate of drug-likeness (QED) is 0.657. The number of nitrogens with zero attached hydrogens (tertiary/aromatic N) is 1. The molecule has 0 atom stereocenters. The molecule has 70 valence electrons. The zero-order chi connectivity index (χ0) is 9.80. The molecule has 0 bridgehead atoms. The number of aromatic nitrogens is 2. The Kier molecular flexibility index (Phi) is 2.48. The number of rotatable bonds is 1. The van der Waals surface area contributed by atoms with Crippen molar-refractivity contribution in [1.29, 1.82) is 0 Å². The van der Waals surface area contributed by atoms with Crippen molar-refractivity contribution >= 4 is 11.0 Å². The van der Waals surface area contributed by atoms with Crippen molar-refractivity contribution in [2.75, 3.05) is 6.54 Å². The van der Waals surface area contributed by atoms with Gasteiger partial charge in [0.05, 0.1) is 17.4 Å². The van der Waals surface area contributed by atoms with Crippen LogP contribution in [0.5, 0.6) is 0 Å². The molecule has 0 saturated heterocycles. The molecule has 0 radical (unpaired) electrons. The maximum atomic E-state index is 5.36. The lowest BCUT2D eigenvalue weighted by Gasteiger charge is -1.91. The van der Waals surface area contributed by atoms with Crippen LogP contribution >= 0.6 is 0 Å². The van der Waals surface area contributed by atoms with Gasteiger partial charge in [0, 0.05) is 13.0 Å². The summed E-state index contributed by atoms with van der Waals surface area (Å²) in [5.41, 5.74) is 8.26. The maximum Gasteiger partial charge on any atom is 0.104 e. The standard InChI is InChI=1S/C11H11N3/c12-7-2-1-4-9-5-3-6-10-11(9)14-8-13-10/h3,5-6,8H,2,7,12H2,(H,13,14). The summed E-state index contributed by atoms with van der Waals surface area (Å²) in [5.74, 6) is 6.07. The fourth-order valence-corrected chi connectivity index (χ4v) is 1.30. The van der Waals surface area contributed by atoms with Crippen LogP contribution in [-0.4, -0.2) is 16.5 Å². The minimum absolute atomic E-state index is 0.601. The van der Waals surface area contributed by atoms with E-state index in [4.69, 9.17) is 5.73 Å². The molecule has 0 fully saturated rings. The Morgan fingerprint density at radius 2 is 2.36 bits per heavy atom. The van der Waals surface area contributed by atoms with Gasteiger partial charge in [-0.1, -0.05) is 17.9 Å². The normalized spacial score (nSPS) is 9.79. The fraction of sp³-hybridized carbons (Fsp3) is 0.182. The van der Waals surface area contributed by atoms with E-state index in [1.807, 2.05) is 18.2 Å². The summed E-state index contributed by atoms with van der Waals surface area (Å²) in [6.45, 7) is 0.601. The Hall–Kier alpha value is -1.79. The van der Waals surface area contributed by atoms with E-state index in [2.05, 4.69) is 21.8 Å². The summed E-state index contributed by atoms with van der Waals surface area (Å²) < 4.78 is 0. The SMILES string of the molecule is NCCC#Cc1cccc2[nH]cnc12. The van der Waals surface area contributed by atoms with Gasteiger partial charge in [0.1, 0.15) is 5.52 Å². The van der Waals surface area contributed by atoms with Gasteiger partial charge >= 0.3 is 0 Å². The molecule has 0 amide bonds. The van der Waals surface area contributed by atoms with E-state index in [0.717, 1.165) is 23.0 Å². The molecule has 0 aliphatic carbocycles. The number of nitrogens with two attached hydrogens (primary N) is 1. The van der Waals surface area contributed by atoms with Gasteiger partial charge < -0.3 is 10.7 Å². The smallest absolute Gasteiger partial charge is 0.104 e. The van der Waals surface area contributed by atoms with E-state index in [9.17, 15) is 0 Å². The first-order chi connectivity index (χ1) is 6.92. The summed E-state index contributed by atoms with van der Waals surface area (Å²) in [7, 11) is 0. The topological polar surface area (TPSA) is 54.7 Å².